The monoisotopic (exact) mass is 185 g/mol. The summed E-state index contributed by atoms with van der Waals surface area (Å²) in [4.78, 5) is 11.4. The minimum atomic E-state index is -0.287. The zero-order valence-corrected chi connectivity index (χ0v) is 7.24. The SMILES string of the molecule is N#CC=C1Nc2ccccc2NC1=O. The Hall–Kier alpha value is -2.28. The van der Waals surface area contributed by atoms with Crippen LogP contribution in [0.2, 0.25) is 0 Å². The summed E-state index contributed by atoms with van der Waals surface area (Å²) in [6.45, 7) is 0. The van der Waals surface area contributed by atoms with E-state index in [1.165, 1.54) is 6.08 Å². The van der Waals surface area contributed by atoms with Gasteiger partial charge in [0.1, 0.15) is 5.70 Å². The molecule has 0 atom stereocenters. The largest absolute Gasteiger partial charge is 0.349 e. The van der Waals surface area contributed by atoms with Gasteiger partial charge in [0.2, 0.25) is 0 Å². The van der Waals surface area contributed by atoms with Crippen molar-refractivity contribution in [1.82, 2.24) is 0 Å². The Bertz CT molecular complexity index is 457. The van der Waals surface area contributed by atoms with E-state index in [1.54, 1.807) is 6.07 Å². The summed E-state index contributed by atoms with van der Waals surface area (Å²) in [5, 5.41) is 14.0. The fourth-order valence-corrected chi connectivity index (χ4v) is 1.26. The number of hydrogen-bond donors (Lipinski definition) is 2. The number of nitrogens with one attached hydrogen (secondary N) is 2. The summed E-state index contributed by atoms with van der Waals surface area (Å²) in [6.07, 6.45) is 1.19. The van der Waals surface area contributed by atoms with Crippen molar-refractivity contribution in [1.29, 1.82) is 5.26 Å². The number of fused-ring (bicyclic) bond motifs is 1. The van der Waals surface area contributed by atoms with E-state index in [9.17, 15) is 4.79 Å². The molecule has 2 N–H and O–H groups in total. The Labute approximate surface area is 80.8 Å². The van der Waals surface area contributed by atoms with Gasteiger partial charge in [-0.1, -0.05) is 12.1 Å². The molecule has 1 aliphatic heterocycles. The number of amides is 1. The fourth-order valence-electron chi connectivity index (χ4n) is 1.26. The van der Waals surface area contributed by atoms with E-state index >= 15 is 0 Å². The first kappa shape index (κ1) is 8.32. The second-order valence-corrected chi connectivity index (χ2v) is 2.81. The van der Waals surface area contributed by atoms with Crippen molar-refractivity contribution in [3.63, 3.8) is 0 Å². The van der Waals surface area contributed by atoms with E-state index in [2.05, 4.69) is 10.6 Å². The Morgan fingerprint density at radius 1 is 1.21 bits per heavy atom. The third kappa shape index (κ3) is 1.31. The molecule has 0 unspecified atom stereocenters. The number of anilines is 2. The molecule has 0 aliphatic carbocycles. The van der Waals surface area contributed by atoms with E-state index in [-0.39, 0.29) is 11.6 Å². The molecular weight excluding hydrogens is 178 g/mol. The number of carbonyl (C=O) groups excluding carboxylic acids is 1. The summed E-state index contributed by atoms with van der Waals surface area (Å²) in [6, 6.07) is 9.13. The first-order valence-electron chi connectivity index (χ1n) is 4.08. The zero-order valence-electron chi connectivity index (χ0n) is 7.24. The van der Waals surface area contributed by atoms with Gasteiger partial charge in [0.25, 0.3) is 5.91 Å². The average Bonchev–Trinajstić information content (AvgIpc) is 2.19. The molecule has 1 aromatic carbocycles. The molecule has 1 aliphatic rings. The topological polar surface area (TPSA) is 64.9 Å². The maximum Gasteiger partial charge on any atom is 0.272 e. The van der Waals surface area contributed by atoms with Crippen LogP contribution in [-0.4, -0.2) is 5.91 Å². The molecule has 0 aromatic heterocycles. The van der Waals surface area contributed by atoms with Crippen LogP contribution in [0.25, 0.3) is 0 Å². The van der Waals surface area contributed by atoms with Crippen molar-refractivity contribution < 1.29 is 4.79 Å². The molecule has 4 nitrogen and oxygen atoms in total. The number of para-hydroxylation sites is 2. The minimum Gasteiger partial charge on any atom is -0.349 e. The molecule has 0 bridgehead atoms. The third-order valence-corrected chi connectivity index (χ3v) is 1.90. The number of rotatable bonds is 0. The fraction of sp³-hybridized carbons (Fsp3) is 0. The van der Waals surface area contributed by atoms with Crippen molar-refractivity contribution in [3.8, 4) is 6.07 Å². The Morgan fingerprint density at radius 2 is 1.86 bits per heavy atom. The van der Waals surface area contributed by atoms with Gasteiger partial charge < -0.3 is 10.6 Å². The lowest BCUT2D eigenvalue weighted by Gasteiger charge is -2.19. The molecule has 14 heavy (non-hydrogen) atoms. The first-order chi connectivity index (χ1) is 6.81. The van der Waals surface area contributed by atoms with Crippen molar-refractivity contribution in [2.75, 3.05) is 10.6 Å². The normalized spacial score (nSPS) is 16.5. The number of nitrogens with zero attached hydrogens (tertiary/aromatic N) is 1. The van der Waals surface area contributed by atoms with Crippen LogP contribution in [0.4, 0.5) is 11.4 Å². The quantitative estimate of drug-likeness (QED) is 0.475. The molecule has 4 heteroatoms. The summed E-state index contributed by atoms with van der Waals surface area (Å²) < 4.78 is 0. The van der Waals surface area contributed by atoms with Gasteiger partial charge in [-0.15, -0.1) is 0 Å². The van der Waals surface area contributed by atoms with Gasteiger partial charge >= 0.3 is 0 Å². The third-order valence-electron chi connectivity index (χ3n) is 1.90. The van der Waals surface area contributed by atoms with Crippen molar-refractivity contribution in [3.05, 3.63) is 36.0 Å². The van der Waals surface area contributed by atoms with Crippen LogP contribution in [0.15, 0.2) is 36.0 Å². The van der Waals surface area contributed by atoms with Crippen molar-refractivity contribution in [2.24, 2.45) is 0 Å². The number of nitriles is 1. The molecule has 1 amide bonds. The molecule has 0 saturated heterocycles. The number of hydrogen-bond acceptors (Lipinski definition) is 3. The van der Waals surface area contributed by atoms with Crippen LogP contribution >= 0.6 is 0 Å². The molecule has 1 heterocycles. The van der Waals surface area contributed by atoms with Crippen LogP contribution in [0.1, 0.15) is 0 Å². The Balaban J connectivity index is 2.42. The molecule has 0 radical (unpaired) electrons. The lowest BCUT2D eigenvalue weighted by molar-refractivity contribution is -0.112. The van der Waals surface area contributed by atoms with Gasteiger partial charge in [0.15, 0.2) is 0 Å². The van der Waals surface area contributed by atoms with Crippen LogP contribution in [0.3, 0.4) is 0 Å². The molecule has 1 aromatic rings. The predicted octanol–water partition coefficient (Wildman–Crippen LogP) is 1.46. The van der Waals surface area contributed by atoms with Gasteiger partial charge in [0.05, 0.1) is 17.4 Å². The lowest BCUT2D eigenvalue weighted by Crippen LogP contribution is -2.25. The van der Waals surface area contributed by atoms with Crippen molar-refractivity contribution in [2.45, 2.75) is 0 Å². The minimum absolute atomic E-state index is 0.270. The Kier molecular flexibility index (Phi) is 1.92. The van der Waals surface area contributed by atoms with Gasteiger partial charge in [0, 0.05) is 6.08 Å². The summed E-state index contributed by atoms with van der Waals surface area (Å²) >= 11 is 0. The molecule has 68 valence electrons. The number of benzene rings is 1. The van der Waals surface area contributed by atoms with Gasteiger partial charge in [-0.25, -0.2) is 0 Å². The maximum absolute atomic E-state index is 11.4. The van der Waals surface area contributed by atoms with Gasteiger partial charge in [-0.3, -0.25) is 4.79 Å². The lowest BCUT2D eigenvalue weighted by atomic mass is 10.2. The van der Waals surface area contributed by atoms with Gasteiger partial charge in [-0.05, 0) is 12.1 Å². The highest BCUT2D eigenvalue weighted by Crippen LogP contribution is 2.26. The summed E-state index contributed by atoms with van der Waals surface area (Å²) in [7, 11) is 0. The maximum atomic E-state index is 11.4. The number of allylic oxidation sites excluding steroid dienone is 1. The Morgan fingerprint density at radius 3 is 2.50 bits per heavy atom. The highest BCUT2D eigenvalue weighted by molar-refractivity contribution is 6.11. The van der Waals surface area contributed by atoms with E-state index in [0.29, 0.717) is 0 Å². The zero-order chi connectivity index (χ0) is 9.97. The molecule has 0 saturated carbocycles. The van der Waals surface area contributed by atoms with Crippen LogP contribution in [-0.2, 0) is 4.79 Å². The first-order valence-corrected chi connectivity index (χ1v) is 4.08. The van der Waals surface area contributed by atoms with E-state index in [0.717, 1.165) is 11.4 Å². The van der Waals surface area contributed by atoms with Crippen LogP contribution in [0.5, 0.6) is 0 Å². The van der Waals surface area contributed by atoms with Gasteiger partial charge in [-0.2, -0.15) is 5.26 Å². The van der Waals surface area contributed by atoms with E-state index < -0.39 is 0 Å². The standard InChI is InChI=1S/C10H7N3O/c11-6-5-9-10(14)13-8-4-2-1-3-7(8)12-9/h1-5,12H,(H,13,14). The second-order valence-electron chi connectivity index (χ2n) is 2.81. The molecule has 0 fully saturated rings. The summed E-state index contributed by atoms with van der Waals surface area (Å²) in [5.74, 6) is -0.287. The molecule has 0 spiro atoms. The van der Waals surface area contributed by atoms with E-state index in [1.807, 2.05) is 24.3 Å². The number of carbonyl (C=O) groups is 1. The summed E-state index contributed by atoms with van der Waals surface area (Å²) in [5.41, 5.74) is 1.80. The van der Waals surface area contributed by atoms with E-state index in [4.69, 9.17) is 5.26 Å². The predicted molar refractivity (Wildman–Crippen MR) is 52.4 cm³/mol. The average molecular weight is 185 g/mol. The molecule has 2 rings (SSSR count). The van der Waals surface area contributed by atoms with Crippen molar-refractivity contribution >= 4 is 17.3 Å². The van der Waals surface area contributed by atoms with Crippen LogP contribution < -0.4 is 10.6 Å². The van der Waals surface area contributed by atoms with Crippen LogP contribution in [0, 0.1) is 11.3 Å². The molecular formula is C10H7N3O. The highest BCUT2D eigenvalue weighted by atomic mass is 16.2. The second kappa shape index (κ2) is 3.23. The highest BCUT2D eigenvalue weighted by Gasteiger charge is 2.18. The smallest absolute Gasteiger partial charge is 0.272 e.